The van der Waals surface area contributed by atoms with Crippen LogP contribution in [0.5, 0.6) is 5.75 Å². The molecule has 1 amide bonds. The maximum absolute atomic E-state index is 12.4. The smallest absolute Gasteiger partial charge is 0.250 e. The molecule has 0 unspecified atom stereocenters. The van der Waals surface area contributed by atoms with E-state index < -0.39 is 0 Å². The lowest BCUT2D eigenvalue weighted by molar-refractivity contribution is -0.118. The standard InChI is InChI=1S/C23H20ClN5O2S2/c1-15(20-4-3-13-32-20)25-26-21(30)14-33-23-28-27-22(16-5-11-19(31-2)12-6-16)29(23)18-9-7-17(24)8-10-18/h3-13H,14H2,1-2H3,(H,26,30). The van der Waals surface area contributed by atoms with Gasteiger partial charge < -0.3 is 4.74 Å². The van der Waals surface area contributed by atoms with Gasteiger partial charge in [-0.25, -0.2) is 5.43 Å². The third-order valence-corrected chi connectivity index (χ3v) is 6.78. The van der Waals surface area contributed by atoms with E-state index in [1.54, 1.807) is 30.6 Å². The molecule has 33 heavy (non-hydrogen) atoms. The van der Waals surface area contributed by atoms with Gasteiger partial charge >= 0.3 is 0 Å². The van der Waals surface area contributed by atoms with Crippen LogP contribution in [0.4, 0.5) is 0 Å². The van der Waals surface area contributed by atoms with Gasteiger partial charge in [-0.15, -0.1) is 21.5 Å². The summed E-state index contributed by atoms with van der Waals surface area (Å²) in [6, 6.07) is 18.8. The number of hydrogen-bond acceptors (Lipinski definition) is 7. The number of carbonyl (C=O) groups is 1. The Morgan fingerprint density at radius 1 is 1.15 bits per heavy atom. The quantitative estimate of drug-likeness (QED) is 0.203. The lowest BCUT2D eigenvalue weighted by atomic mass is 10.2. The number of thioether (sulfide) groups is 1. The van der Waals surface area contributed by atoms with Gasteiger partial charge in [-0.1, -0.05) is 29.4 Å². The van der Waals surface area contributed by atoms with Crippen molar-refractivity contribution in [3.63, 3.8) is 0 Å². The maximum atomic E-state index is 12.4. The molecule has 2 aromatic heterocycles. The maximum Gasteiger partial charge on any atom is 0.250 e. The summed E-state index contributed by atoms with van der Waals surface area (Å²) >= 11 is 8.93. The highest BCUT2D eigenvalue weighted by atomic mass is 35.5. The Labute approximate surface area is 204 Å². The van der Waals surface area contributed by atoms with Crippen LogP contribution in [0.25, 0.3) is 17.1 Å². The second-order valence-electron chi connectivity index (χ2n) is 6.84. The zero-order valence-electron chi connectivity index (χ0n) is 17.9. The van der Waals surface area contributed by atoms with Crippen LogP contribution in [-0.4, -0.2) is 39.2 Å². The summed E-state index contributed by atoms with van der Waals surface area (Å²) in [4.78, 5) is 13.4. The van der Waals surface area contributed by atoms with Gasteiger partial charge in [0.1, 0.15) is 5.75 Å². The van der Waals surface area contributed by atoms with Gasteiger partial charge in [-0.2, -0.15) is 5.10 Å². The van der Waals surface area contributed by atoms with Crippen molar-refractivity contribution >= 4 is 46.3 Å². The average molecular weight is 498 g/mol. The third kappa shape index (κ3) is 5.62. The Bertz CT molecular complexity index is 1250. The molecule has 0 bridgehead atoms. The highest BCUT2D eigenvalue weighted by Crippen LogP contribution is 2.29. The molecule has 4 aromatic rings. The Kier molecular flexibility index (Phi) is 7.43. The molecule has 0 radical (unpaired) electrons. The molecule has 0 aliphatic heterocycles. The van der Waals surface area contributed by atoms with E-state index in [2.05, 4.69) is 20.7 Å². The lowest BCUT2D eigenvalue weighted by Gasteiger charge is -2.11. The predicted octanol–water partition coefficient (Wildman–Crippen LogP) is 5.29. The Morgan fingerprint density at radius 3 is 2.58 bits per heavy atom. The molecule has 168 valence electrons. The molecule has 2 aromatic carbocycles. The summed E-state index contributed by atoms with van der Waals surface area (Å²) < 4.78 is 7.15. The number of ether oxygens (including phenoxy) is 1. The molecular weight excluding hydrogens is 478 g/mol. The van der Waals surface area contributed by atoms with Gasteiger partial charge in [0.25, 0.3) is 5.91 Å². The first-order chi connectivity index (χ1) is 16.0. The van der Waals surface area contributed by atoms with Crippen LogP contribution in [0.3, 0.4) is 0 Å². The number of thiophene rings is 1. The molecule has 7 nitrogen and oxygen atoms in total. The Balaban J connectivity index is 1.56. The van der Waals surface area contributed by atoms with Crippen LogP contribution in [0.2, 0.25) is 5.02 Å². The van der Waals surface area contributed by atoms with Crippen molar-refractivity contribution in [2.45, 2.75) is 12.1 Å². The normalized spacial score (nSPS) is 11.4. The Morgan fingerprint density at radius 2 is 1.91 bits per heavy atom. The lowest BCUT2D eigenvalue weighted by Crippen LogP contribution is -2.21. The van der Waals surface area contributed by atoms with Gasteiger partial charge in [0.15, 0.2) is 11.0 Å². The highest BCUT2D eigenvalue weighted by molar-refractivity contribution is 7.99. The first-order valence-corrected chi connectivity index (χ1v) is 12.1. The molecular formula is C23H20ClN5O2S2. The zero-order chi connectivity index (χ0) is 23.2. The first-order valence-electron chi connectivity index (χ1n) is 9.90. The number of rotatable bonds is 8. The molecule has 0 spiro atoms. The van der Waals surface area contributed by atoms with Crippen molar-refractivity contribution in [2.75, 3.05) is 12.9 Å². The van der Waals surface area contributed by atoms with Gasteiger partial charge in [-0.05, 0) is 66.9 Å². The fourth-order valence-corrected chi connectivity index (χ4v) is 4.51. The topological polar surface area (TPSA) is 81.4 Å². The molecule has 10 heteroatoms. The van der Waals surface area contributed by atoms with E-state index in [0.717, 1.165) is 27.6 Å². The number of nitrogens with one attached hydrogen (secondary N) is 1. The highest BCUT2D eigenvalue weighted by Gasteiger charge is 2.17. The fourth-order valence-electron chi connectivity index (χ4n) is 2.96. The number of carbonyl (C=O) groups excluding carboxylic acids is 1. The van der Waals surface area contributed by atoms with Crippen molar-refractivity contribution < 1.29 is 9.53 Å². The van der Waals surface area contributed by atoms with Gasteiger partial charge in [0.2, 0.25) is 0 Å². The molecule has 0 aliphatic carbocycles. The number of hydrogen-bond donors (Lipinski definition) is 1. The SMILES string of the molecule is COc1ccc(-c2nnc(SCC(=O)NN=C(C)c3cccs3)n2-c2ccc(Cl)cc2)cc1. The van der Waals surface area contributed by atoms with Crippen LogP contribution in [0.15, 0.2) is 76.3 Å². The number of hydrazone groups is 1. The van der Waals surface area contributed by atoms with E-state index in [1.807, 2.05) is 65.4 Å². The summed E-state index contributed by atoms with van der Waals surface area (Å²) in [5.41, 5.74) is 5.07. The monoisotopic (exact) mass is 497 g/mol. The first kappa shape index (κ1) is 23.0. The Hall–Kier alpha value is -3.14. The van der Waals surface area contributed by atoms with Crippen LogP contribution >= 0.6 is 34.7 Å². The minimum atomic E-state index is -0.229. The molecule has 2 heterocycles. The average Bonchev–Trinajstić information content (AvgIpc) is 3.52. The van der Waals surface area contributed by atoms with E-state index in [9.17, 15) is 4.79 Å². The van der Waals surface area contributed by atoms with E-state index >= 15 is 0 Å². The summed E-state index contributed by atoms with van der Waals surface area (Å²) in [6.07, 6.45) is 0. The summed E-state index contributed by atoms with van der Waals surface area (Å²) in [7, 11) is 1.62. The largest absolute Gasteiger partial charge is 0.497 e. The fraction of sp³-hybridized carbons (Fsp3) is 0.130. The molecule has 0 fully saturated rings. The van der Waals surface area contributed by atoms with Crippen LogP contribution in [0, 0.1) is 0 Å². The molecule has 0 aliphatic rings. The summed E-state index contributed by atoms with van der Waals surface area (Å²) in [5.74, 6) is 1.30. The second kappa shape index (κ2) is 10.7. The minimum Gasteiger partial charge on any atom is -0.497 e. The number of benzene rings is 2. The number of aromatic nitrogens is 3. The van der Waals surface area contributed by atoms with E-state index in [0.29, 0.717) is 16.0 Å². The molecule has 0 saturated heterocycles. The van der Waals surface area contributed by atoms with Gasteiger partial charge in [0, 0.05) is 21.2 Å². The van der Waals surface area contributed by atoms with Crippen LogP contribution in [-0.2, 0) is 4.79 Å². The second-order valence-corrected chi connectivity index (χ2v) is 9.17. The number of amides is 1. The summed E-state index contributed by atoms with van der Waals surface area (Å²) in [5, 5.41) is 16.1. The number of methoxy groups -OCH3 is 1. The van der Waals surface area contributed by atoms with E-state index in [4.69, 9.17) is 16.3 Å². The van der Waals surface area contributed by atoms with Crippen LogP contribution < -0.4 is 10.2 Å². The summed E-state index contributed by atoms with van der Waals surface area (Å²) in [6.45, 7) is 1.86. The van der Waals surface area contributed by atoms with Crippen molar-refractivity contribution in [2.24, 2.45) is 5.10 Å². The van der Waals surface area contributed by atoms with Crippen molar-refractivity contribution in [3.8, 4) is 22.8 Å². The van der Waals surface area contributed by atoms with Crippen LogP contribution in [0.1, 0.15) is 11.8 Å². The van der Waals surface area contributed by atoms with E-state index in [1.165, 1.54) is 11.8 Å². The zero-order valence-corrected chi connectivity index (χ0v) is 20.2. The minimum absolute atomic E-state index is 0.134. The van der Waals surface area contributed by atoms with Gasteiger partial charge in [-0.3, -0.25) is 9.36 Å². The number of halogens is 1. The van der Waals surface area contributed by atoms with Crippen molar-refractivity contribution in [1.29, 1.82) is 0 Å². The molecule has 1 N–H and O–H groups in total. The molecule has 0 atom stereocenters. The van der Waals surface area contributed by atoms with Crippen molar-refractivity contribution in [1.82, 2.24) is 20.2 Å². The van der Waals surface area contributed by atoms with Crippen molar-refractivity contribution in [3.05, 3.63) is 75.9 Å². The number of nitrogens with zero attached hydrogens (tertiary/aromatic N) is 4. The predicted molar refractivity (Wildman–Crippen MR) is 134 cm³/mol. The molecule has 4 rings (SSSR count). The molecule has 0 saturated carbocycles. The third-order valence-electron chi connectivity index (χ3n) is 4.62. The van der Waals surface area contributed by atoms with E-state index in [-0.39, 0.29) is 11.7 Å². The van der Waals surface area contributed by atoms with Gasteiger partial charge in [0.05, 0.1) is 18.6 Å².